The van der Waals surface area contributed by atoms with E-state index < -0.39 is 0 Å². The molecule has 0 spiro atoms. The Balaban J connectivity index is 0. The molecular formula is C21H26Br2Zr. The Kier molecular flexibility index (Phi) is 11.4. The summed E-state index contributed by atoms with van der Waals surface area (Å²) in [7, 11) is 0. The number of aryl methyl sites for hydroxylation is 2. The zero-order valence-electron chi connectivity index (χ0n) is 15.6. The molecule has 2 aromatic carbocycles. The van der Waals surface area contributed by atoms with E-state index in [2.05, 4.69) is 84.9 Å². The van der Waals surface area contributed by atoms with Crippen LogP contribution < -0.4 is 34.0 Å². The van der Waals surface area contributed by atoms with E-state index in [0.29, 0.717) is 0 Å². The topological polar surface area (TPSA) is 0 Å². The minimum absolute atomic E-state index is 0. The number of hydrogen-bond donors (Lipinski definition) is 0. The predicted molar refractivity (Wildman–Crippen MR) is 93.6 cm³/mol. The summed E-state index contributed by atoms with van der Waals surface area (Å²) < 4.78 is 0. The van der Waals surface area contributed by atoms with Gasteiger partial charge in [0.05, 0.1) is 0 Å². The molecule has 0 bridgehead atoms. The van der Waals surface area contributed by atoms with Crippen molar-refractivity contribution in [2.75, 3.05) is 0 Å². The average Bonchev–Trinajstić information content (AvgIpc) is 2.97. The molecule has 3 heteroatoms. The summed E-state index contributed by atoms with van der Waals surface area (Å²) in [4.78, 5) is 0. The molecule has 0 radical (unpaired) electrons. The standard InChI is InChI=1S/C11H11.C10H15.2BrH.Zr/c1-8-6-7-9(2)11-5-3-4-10(8)11;1-7-6-10(4,5)9(3)8(7)2;;;/h3-7H,1-2H3;1-5H3;2*1H;/q2*-1;;;+4/p-2. The summed E-state index contributed by atoms with van der Waals surface area (Å²) in [6.07, 6.45) is 3.44. The van der Waals surface area contributed by atoms with Crippen LogP contribution in [0.3, 0.4) is 0 Å². The molecule has 128 valence electrons. The molecule has 0 fully saturated rings. The summed E-state index contributed by atoms with van der Waals surface area (Å²) in [6.45, 7) is 15.2. The van der Waals surface area contributed by atoms with E-state index in [1.807, 2.05) is 0 Å². The van der Waals surface area contributed by atoms with Gasteiger partial charge < -0.3 is 34.0 Å². The third kappa shape index (κ3) is 5.58. The van der Waals surface area contributed by atoms with Gasteiger partial charge in [-0.05, 0) is 6.92 Å². The van der Waals surface area contributed by atoms with Crippen molar-refractivity contribution in [3.05, 3.63) is 64.3 Å². The number of rotatable bonds is 0. The van der Waals surface area contributed by atoms with Gasteiger partial charge >= 0.3 is 26.2 Å². The fourth-order valence-corrected chi connectivity index (χ4v) is 2.94. The van der Waals surface area contributed by atoms with Crippen LogP contribution >= 0.6 is 0 Å². The predicted octanol–water partition coefficient (Wildman–Crippen LogP) is 0.293. The largest absolute Gasteiger partial charge is 4.00 e. The van der Waals surface area contributed by atoms with Gasteiger partial charge in [0.15, 0.2) is 0 Å². The van der Waals surface area contributed by atoms with Crippen LogP contribution in [-0.4, -0.2) is 0 Å². The zero-order chi connectivity index (χ0) is 15.8. The van der Waals surface area contributed by atoms with Crippen LogP contribution in [0.1, 0.15) is 45.7 Å². The Labute approximate surface area is 187 Å². The Morgan fingerprint density at radius 1 is 0.875 bits per heavy atom. The van der Waals surface area contributed by atoms with Crippen molar-refractivity contribution < 1.29 is 60.2 Å². The Morgan fingerprint density at radius 2 is 1.42 bits per heavy atom. The molecule has 0 aromatic heterocycles. The van der Waals surface area contributed by atoms with Crippen LogP contribution in [0.4, 0.5) is 0 Å². The van der Waals surface area contributed by atoms with E-state index in [-0.39, 0.29) is 65.6 Å². The van der Waals surface area contributed by atoms with Gasteiger partial charge in [0.25, 0.3) is 0 Å². The molecule has 1 aliphatic carbocycles. The van der Waals surface area contributed by atoms with Crippen LogP contribution in [0, 0.1) is 25.3 Å². The Bertz CT molecular complexity index is 697. The monoisotopic (exact) mass is 526 g/mol. The van der Waals surface area contributed by atoms with E-state index >= 15 is 0 Å². The molecule has 0 atom stereocenters. The number of allylic oxidation sites excluding steroid dienone is 4. The maximum atomic E-state index is 3.44. The van der Waals surface area contributed by atoms with Gasteiger partial charge in [0.1, 0.15) is 0 Å². The van der Waals surface area contributed by atoms with Crippen LogP contribution in [0.5, 0.6) is 0 Å². The van der Waals surface area contributed by atoms with Gasteiger partial charge in [-0.2, -0.15) is 23.3 Å². The van der Waals surface area contributed by atoms with Crippen molar-refractivity contribution in [1.29, 1.82) is 0 Å². The van der Waals surface area contributed by atoms with Crippen LogP contribution in [0.15, 0.2) is 47.1 Å². The minimum atomic E-state index is 0. The van der Waals surface area contributed by atoms with Gasteiger partial charge in [-0.15, -0.1) is 35.4 Å². The van der Waals surface area contributed by atoms with Crippen molar-refractivity contribution in [2.24, 2.45) is 5.41 Å². The molecule has 2 aromatic rings. The SMILES string of the molecule is CC1=[C-]C(C)(C)C(C)=C1C.Cc1ccc(C)c2[cH-]ccc12.[Br-].[Br-].[Zr+4]. The van der Waals surface area contributed by atoms with Crippen molar-refractivity contribution in [3.63, 3.8) is 0 Å². The summed E-state index contributed by atoms with van der Waals surface area (Å²) in [5, 5.41) is 2.79. The molecule has 0 nitrogen and oxygen atoms in total. The van der Waals surface area contributed by atoms with E-state index in [1.54, 1.807) is 0 Å². The molecule has 0 N–H and O–H groups in total. The third-order valence-corrected chi connectivity index (χ3v) is 4.81. The van der Waals surface area contributed by atoms with Gasteiger partial charge in [-0.25, -0.2) is 5.57 Å². The van der Waals surface area contributed by atoms with Crippen molar-refractivity contribution in [1.82, 2.24) is 0 Å². The second kappa shape index (κ2) is 10.3. The molecule has 0 unspecified atom stereocenters. The number of halogens is 2. The smallest absolute Gasteiger partial charge is 1.00 e. The first kappa shape index (κ1) is 26.4. The maximum absolute atomic E-state index is 3.44. The van der Waals surface area contributed by atoms with Gasteiger partial charge in [-0.1, -0.05) is 51.7 Å². The second-order valence-electron chi connectivity index (χ2n) is 6.68. The summed E-state index contributed by atoms with van der Waals surface area (Å²) in [5.41, 5.74) is 7.14. The number of hydrogen-bond acceptors (Lipinski definition) is 0. The number of benzene rings is 1. The maximum Gasteiger partial charge on any atom is 4.00 e. The molecule has 3 rings (SSSR count). The first-order valence-corrected chi connectivity index (χ1v) is 7.65. The van der Waals surface area contributed by atoms with E-state index in [4.69, 9.17) is 0 Å². The Morgan fingerprint density at radius 3 is 1.79 bits per heavy atom. The van der Waals surface area contributed by atoms with Crippen LogP contribution in [0.25, 0.3) is 10.8 Å². The molecule has 0 amide bonds. The molecule has 0 saturated carbocycles. The molecule has 1 aliphatic rings. The minimum Gasteiger partial charge on any atom is -1.00 e. The van der Waals surface area contributed by atoms with Crippen molar-refractivity contribution >= 4 is 10.8 Å². The van der Waals surface area contributed by atoms with E-state index in [0.717, 1.165) is 0 Å². The average molecular weight is 529 g/mol. The van der Waals surface area contributed by atoms with Gasteiger partial charge in [0, 0.05) is 0 Å². The molecule has 24 heavy (non-hydrogen) atoms. The first-order chi connectivity index (χ1) is 9.74. The summed E-state index contributed by atoms with van der Waals surface area (Å²) >= 11 is 0. The van der Waals surface area contributed by atoms with Crippen LogP contribution in [-0.2, 0) is 26.2 Å². The van der Waals surface area contributed by atoms with Crippen molar-refractivity contribution in [2.45, 2.75) is 48.5 Å². The normalized spacial score (nSPS) is 14.7. The number of fused-ring (bicyclic) bond motifs is 1. The van der Waals surface area contributed by atoms with Crippen molar-refractivity contribution in [3.8, 4) is 0 Å². The molecular weight excluding hydrogens is 503 g/mol. The fourth-order valence-electron chi connectivity index (χ4n) is 2.94. The first-order valence-electron chi connectivity index (χ1n) is 7.65. The Hall–Kier alpha value is 0.153. The van der Waals surface area contributed by atoms with Gasteiger partial charge in [-0.3, -0.25) is 6.08 Å². The third-order valence-electron chi connectivity index (χ3n) is 4.81. The zero-order valence-corrected chi connectivity index (χ0v) is 21.3. The second-order valence-corrected chi connectivity index (χ2v) is 6.68. The molecule has 0 saturated heterocycles. The van der Waals surface area contributed by atoms with Crippen LogP contribution in [0.2, 0.25) is 0 Å². The fraction of sp³-hybridized carbons (Fsp3) is 0.381. The summed E-state index contributed by atoms with van der Waals surface area (Å²) in [5.74, 6) is 0. The van der Waals surface area contributed by atoms with E-state index in [9.17, 15) is 0 Å². The quantitative estimate of drug-likeness (QED) is 0.431. The summed E-state index contributed by atoms with van der Waals surface area (Å²) in [6, 6.07) is 10.8. The molecule has 0 heterocycles. The van der Waals surface area contributed by atoms with E-state index in [1.165, 1.54) is 38.6 Å². The molecule has 0 aliphatic heterocycles. The van der Waals surface area contributed by atoms with Gasteiger partial charge in [0.2, 0.25) is 0 Å².